The van der Waals surface area contributed by atoms with Gasteiger partial charge in [0.15, 0.2) is 0 Å². The zero-order chi connectivity index (χ0) is 25.1. The number of aromatic amines is 1. The van der Waals surface area contributed by atoms with Crippen LogP contribution in [-0.4, -0.2) is 91.0 Å². The molecule has 0 aromatic carbocycles. The van der Waals surface area contributed by atoms with Gasteiger partial charge in [-0.05, 0) is 13.3 Å². The zero-order valence-corrected chi connectivity index (χ0v) is 18.6. The number of thiol groups is 1. The van der Waals surface area contributed by atoms with Gasteiger partial charge in [0.2, 0.25) is 17.7 Å². The molecule has 0 saturated carbocycles. The summed E-state index contributed by atoms with van der Waals surface area (Å²) in [6.07, 6.45) is 0.711. The fourth-order valence-electron chi connectivity index (χ4n) is 2.62. The number of carbonyl (C=O) groups is 5. The largest absolute Gasteiger partial charge is 0.481 e. The van der Waals surface area contributed by atoms with Crippen LogP contribution in [0.5, 0.6) is 0 Å². The number of carboxylic acid groups (broad SMARTS) is 2. The number of nitrogens with one attached hydrogen (secondary N) is 4. The molecule has 1 rings (SSSR count). The SMILES string of the molecule is CC(O)C(NC(=O)C(N)CCC(=O)O)C(=O)NC(CS)C(=O)NC(Cc1cnc[nH]1)C(=O)O. The van der Waals surface area contributed by atoms with E-state index in [2.05, 4.69) is 38.5 Å². The lowest BCUT2D eigenvalue weighted by Gasteiger charge is -2.25. The number of aliphatic carboxylic acids is 2. The lowest BCUT2D eigenvalue weighted by molar-refractivity contribution is -0.142. The third kappa shape index (κ3) is 9.46. The first-order valence-electron chi connectivity index (χ1n) is 9.83. The van der Waals surface area contributed by atoms with Gasteiger partial charge in [0.1, 0.15) is 18.1 Å². The average molecular weight is 489 g/mol. The Morgan fingerprint density at radius 2 is 1.73 bits per heavy atom. The van der Waals surface area contributed by atoms with Gasteiger partial charge in [-0.2, -0.15) is 12.6 Å². The molecule has 184 valence electrons. The number of rotatable bonds is 14. The molecule has 0 spiro atoms. The summed E-state index contributed by atoms with van der Waals surface area (Å²) in [6, 6.07) is -5.36. The first kappa shape index (κ1) is 27.9. The van der Waals surface area contributed by atoms with Gasteiger partial charge in [-0.25, -0.2) is 9.78 Å². The van der Waals surface area contributed by atoms with E-state index < -0.39 is 59.9 Å². The standard InChI is InChI=1S/C18H28N6O8S/c1-8(25)14(24-15(28)10(19)2-3-13(26)27)17(30)23-12(6-33)16(29)22-11(18(31)32)4-9-5-20-7-21-9/h5,7-8,10-12,14,25,33H,2-4,6,19H2,1H3,(H,20,21)(H,22,29)(H,23,30)(H,24,28)(H,26,27)(H,31,32). The number of carboxylic acids is 2. The highest BCUT2D eigenvalue weighted by molar-refractivity contribution is 7.80. The minimum atomic E-state index is -1.51. The first-order valence-corrected chi connectivity index (χ1v) is 10.5. The quantitative estimate of drug-likeness (QED) is 0.120. The van der Waals surface area contributed by atoms with Crippen molar-refractivity contribution in [3.05, 3.63) is 18.2 Å². The number of nitrogens with zero attached hydrogens (tertiary/aromatic N) is 1. The summed E-state index contributed by atoms with van der Waals surface area (Å²) in [5.41, 5.74) is 6.06. The van der Waals surface area contributed by atoms with Crippen molar-refractivity contribution in [2.75, 3.05) is 5.75 Å². The van der Waals surface area contributed by atoms with Gasteiger partial charge in [0.05, 0.1) is 18.5 Å². The van der Waals surface area contributed by atoms with Gasteiger partial charge < -0.3 is 42.0 Å². The van der Waals surface area contributed by atoms with Crippen LogP contribution in [0.3, 0.4) is 0 Å². The monoisotopic (exact) mass is 488 g/mol. The first-order chi connectivity index (χ1) is 15.5. The fourth-order valence-corrected chi connectivity index (χ4v) is 2.88. The Morgan fingerprint density at radius 3 is 2.21 bits per heavy atom. The molecule has 0 aliphatic carbocycles. The Morgan fingerprint density at radius 1 is 1.09 bits per heavy atom. The van der Waals surface area contributed by atoms with Crippen molar-refractivity contribution < 1.29 is 39.3 Å². The minimum Gasteiger partial charge on any atom is -0.481 e. The third-order valence-corrected chi connectivity index (χ3v) is 4.84. The summed E-state index contributed by atoms with van der Waals surface area (Å²) >= 11 is 4.00. The Labute approximate surface area is 194 Å². The molecule has 1 aromatic rings. The van der Waals surface area contributed by atoms with E-state index in [0.717, 1.165) is 0 Å². The summed E-state index contributed by atoms with van der Waals surface area (Å²) in [4.78, 5) is 65.9. The maximum absolute atomic E-state index is 12.6. The summed E-state index contributed by atoms with van der Waals surface area (Å²) < 4.78 is 0. The third-order valence-electron chi connectivity index (χ3n) is 4.48. The molecule has 0 aliphatic heterocycles. The molecular weight excluding hydrogens is 460 g/mol. The van der Waals surface area contributed by atoms with Crippen molar-refractivity contribution in [3.63, 3.8) is 0 Å². The normalized spacial score (nSPS) is 15.4. The fraction of sp³-hybridized carbons (Fsp3) is 0.556. The molecule has 3 amide bonds. The van der Waals surface area contributed by atoms with Crippen molar-refractivity contribution in [1.82, 2.24) is 25.9 Å². The Kier molecular flexibility index (Phi) is 11.3. The van der Waals surface area contributed by atoms with Crippen LogP contribution in [0, 0.1) is 0 Å². The summed E-state index contributed by atoms with van der Waals surface area (Å²) in [5.74, 6) is -5.34. The number of hydrogen-bond donors (Lipinski definition) is 9. The molecule has 0 saturated heterocycles. The zero-order valence-electron chi connectivity index (χ0n) is 17.7. The molecule has 5 atom stereocenters. The highest BCUT2D eigenvalue weighted by Gasteiger charge is 2.32. The van der Waals surface area contributed by atoms with E-state index >= 15 is 0 Å². The van der Waals surface area contributed by atoms with E-state index in [9.17, 15) is 34.2 Å². The van der Waals surface area contributed by atoms with Crippen LogP contribution in [0.2, 0.25) is 0 Å². The lowest BCUT2D eigenvalue weighted by Crippen LogP contribution is -2.60. The van der Waals surface area contributed by atoms with Crippen LogP contribution < -0.4 is 21.7 Å². The molecule has 5 unspecified atom stereocenters. The Balaban J connectivity index is 2.78. The summed E-state index contributed by atoms with van der Waals surface area (Å²) in [5, 5.41) is 34.7. The molecular formula is C18H28N6O8S. The van der Waals surface area contributed by atoms with Crippen LogP contribution in [0.25, 0.3) is 0 Å². The highest BCUT2D eigenvalue weighted by atomic mass is 32.1. The molecule has 1 aromatic heterocycles. The van der Waals surface area contributed by atoms with Gasteiger partial charge >= 0.3 is 11.9 Å². The molecule has 0 fully saturated rings. The number of H-pyrrole nitrogens is 1. The highest BCUT2D eigenvalue weighted by Crippen LogP contribution is 2.03. The van der Waals surface area contributed by atoms with E-state index in [1.807, 2.05) is 0 Å². The smallest absolute Gasteiger partial charge is 0.326 e. The van der Waals surface area contributed by atoms with Gasteiger partial charge in [-0.15, -0.1) is 0 Å². The van der Waals surface area contributed by atoms with Gasteiger partial charge in [0, 0.05) is 30.5 Å². The van der Waals surface area contributed by atoms with Crippen molar-refractivity contribution in [1.29, 1.82) is 0 Å². The number of carbonyl (C=O) groups excluding carboxylic acids is 3. The second-order valence-electron chi connectivity index (χ2n) is 7.19. The number of hydrogen-bond acceptors (Lipinski definition) is 9. The lowest BCUT2D eigenvalue weighted by atomic mass is 10.1. The van der Waals surface area contributed by atoms with Crippen molar-refractivity contribution in [2.45, 2.75) is 56.5 Å². The molecule has 0 radical (unpaired) electrons. The number of amides is 3. The van der Waals surface area contributed by atoms with Crippen molar-refractivity contribution in [2.24, 2.45) is 5.73 Å². The number of aliphatic hydroxyl groups is 1. The number of nitrogens with two attached hydrogens (primary N) is 1. The van der Waals surface area contributed by atoms with E-state index in [0.29, 0.717) is 5.69 Å². The van der Waals surface area contributed by atoms with Crippen LogP contribution >= 0.6 is 12.6 Å². The van der Waals surface area contributed by atoms with E-state index in [1.165, 1.54) is 19.4 Å². The minimum absolute atomic E-state index is 0.0884. The van der Waals surface area contributed by atoms with Crippen LogP contribution in [0.15, 0.2) is 12.5 Å². The van der Waals surface area contributed by atoms with Crippen LogP contribution in [0.1, 0.15) is 25.5 Å². The topological polar surface area (TPSA) is 237 Å². The predicted molar refractivity (Wildman–Crippen MR) is 116 cm³/mol. The number of aromatic nitrogens is 2. The second-order valence-corrected chi connectivity index (χ2v) is 7.56. The maximum Gasteiger partial charge on any atom is 0.326 e. The Bertz CT molecular complexity index is 834. The van der Waals surface area contributed by atoms with Crippen molar-refractivity contribution >= 4 is 42.3 Å². The van der Waals surface area contributed by atoms with Gasteiger partial charge in [-0.3, -0.25) is 19.2 Å². The molecule has 0 bridgehead atoms. The molecule has 33 heavy (non-hydrogen) atoms. The van der Waals surface area contributed by atoms with E-state index in [1.54, 1.807) is 0 Å². The maximum atomic E-state index is 12.6. The Hall–Kier alpha value is -3.17. The van der Waals surface area contributed by atoms with Crippen molar-refractivity contribution in [3.8, 4) is 0 Å². The number of aliphatic hydroxyl groups excluding tert-OH is 1. The van der Waals surface area contributed by atoms with E-state index in [4.69, 9.17) is 10.8 Å². The summed E-state index contributed by atoms with van der Waals surface area (Å²) in [7, 11) is 0. The van der Waals surface area contributed by atoms with Gasteiger partial charge in [0.25, 0.3) is 0 Å². The number of imidazole rings is 1. The van der Waals surface area contributed by atoms with E-state index in [-0.39, 0.29) is 25.0 Å². The predicted octanol–water partition coefficient (Wildman–Crippen LogP) is -3.01. The van der Waals surface area contributed by atoms with Crippen LogP contribution in [0.4, 0.5) is 0 Å². The van der Waals surface area contributed by atoms with Gasteiger partial charge in [-0.1, -0.05) is 0 Å². The van der Waals surface area contributed by atoms with Crippen LogP contribution in [-0.2, 0) is 30.4 Å². The molecule has 0 aliphatic rings. The molecule has 1 heterocycles. The molecule has 9 N–H and O–H groups in total. The second kappa shape index (κ2) is 13.4. The molecule has 14 nitrogen and oxygen atoms in total. The molecule has 15 heteroatoms. The summed E-state index contributed by atoms with van der Waals surface area (Å²) in [6.45, 7) is 1.22. The average Bonchev–Trinajstić information content (AvgIpc) is 3.25.